The fraction of sp³-hybridized carbons (Fsp3) is 0.407. The van der Waals surface area contributed by atoms with Crippen molar-refractivity contribution in [3.8, 4) is 11.4 Å². The van der Waals surface area contributed by atoms with Crippen LogP contribution in [0.1, 0.15) is 41.1 Å². The fourth-order valence-corrected chi connectivity index (χ4v) is 5.72. The molecule has 7 nitrogen and oxygen atoms in total. The number of phenolic OH excluding ortho intramolecular Hbond substituents is 1. The van der Waals surface area contributed by atoms with Crippen molar-refractivity contribution < 1.29 is 9.84 Å². The van der Waals surface area contributed by atoms with E-state index in [1.54, 1.807) is 6.07 Å². The Morgan fingerprint density at radius 1 is 1.09 bits per heavy atom. The largest absolute Gasteiger partial charge is 0.506 e. The van der Waals surface area contributed by atoms with Gasteiger partial charge in [0.2, 0.25) is 0 Å². The second-order valence-electron chi connectivity index (χ2n) is 9.28. The van der Waals surface area contributed by atoms with E-state index in [9.17, 15) is 5.11 Å². The lowest BCUT2D eigenvalue weighted by atomic mass is 9.96. The molecule has 35 heavy (non-hydrogen) atoms. The highest BCUT2D eigenvalue weighted by molar-refractivity contribution is 7.80. The summed E-state index contributed by atoms with van der Waals surface area (Å²) in [6, 6.07) is 15.7. The van der Waals surface area contributed by atoms with Crippen molar-refractivity contribution in [1.82, 2.24) is 24.7 Å². The lowest BCUT2D eigenvalue weighted by Gasteiger charge is -2.30. The Bertz CT molecular complexity index is 1180. The normalized spacial score (nSPS) is 20.9. The molecule has 0 bridgehead atoms. The van der Waals surface area contributed by atoms with Gasteiger partial charge in [0, 0.05) is 43.8 Å². The van der Waals surface area contributed by atoms with Crippen LogP contribution in [-0.4, -0.2) is 69.0 Å². The van der Waals surface area contributed by atoms with E-state index in [2.05, 4.69) is 50.6 Å². The van der Waals surface area contributed by atoms with Gasteiger partial charge >= 0.3 is 0 Å². The van der Waals surface area contributed by atoms with Crippen molar-refractivity contribution in [3.05, 3.63) is 77.4 Å². The van der Waals surface area contributed by atoms with E-state index < -0.39 is 0 Å². The third-order valence-corrected chi connectivity index (χ3v) is 7.44. The van der Waals surface area contributed by atoms with Crippen LogP contribution in [0.5, 0.6) is 5.75 Å². The SMILES string of the molecule is Cc1cc([C@H]2[C@H](c3ccccn3)NC(=S)N2CCCN2CCOCC2)c(C)n1-c1ccccc1O. The van der Waals surface area contributed by atoms with E-state index in [-0.39, 0.29) is 17.8 Å². The Morgan fingerprint density at radius 2 is 1.86 bits per heavy atom. The minimum Gasteiger partial charge on any atom is -0.506 e. The summed E-state index contributed by atoms with van der Waals surface area (Å²) in [4.78, 5) is 9.46. The van der Waals surface area contributed by atoms with Crippen LogP contribution in [0.4, 0.5) is 0 Å². The molecule has 5 rings (SSSR count). The number of aromatic hydroxyl groups is 1. The predicted octanol–water partition coefficient (Wildman–Crippen LogP) is 3.89. The van der Waals surface area contributed by atoms with Crippen LogP contribution in [0, 0.1) is 13.8 Å². The number of aryl methyl sites for hydroxylation is 1. The van der Waals surface area contributed by atoms with Gasteiger partial charge in [-0.05, 0) is 68.4 Å². The molecule has 1 aromatic carbocycles. The number of benzene rings is 1. The van der Waals surface area contributed by atoms with Crippen molar-refractivity contribution >= 4 is 17.3 Å². The summed E-state index contributed by atoms with van der Waals surface area (Å²) in [5.41, 5.74) is 5.13. The molecule has 0 aliphatic carbocycles. The zero-order valence-corrected chi connectivity index (χ0v) is 21.2. The van der Waals surface area contributed by atoms with E-state index in [0.717, 1.165) is 73.7 Å². The number of ether oxygens (including phenoxy) is 1. The molecule has 2 aromatic heterocycles. The molecular formula is C27H33N5O2S. The van der Waals surface area contributed by atoms with Crippen LogP contribution in [0.2, 0.25) is 0 Å². The Kier molecular flexibility index (Phi) is 7.04. The number of rotatable bonds is 7. The Labute approximate surface area is 212 Å². The monoisotopic (exact) mass is 491 g/mol. The van der Waals surface area contributed by atoms with E-state index in [1.165, 1.54) is 5.56 Å². The minimum atomic E-state index is -0.0505. The Hall–Kier alpha value is -2.94. The highest BCUT2D eigenvalue weighted by atomic mass is 32.1. The topological polar surface area (TPSA) is 65.8 Å². The number of para-hydroxylation sites is 2. The van der Waals surface area contributed by atoms with Crippen LogP contribution < -0.4 is 5.32 Å². The van der Waals surface area contributed by atoms with Gasteiger partial charge in [-0.3, -0.25) is 9.88 Å². The first-order chi connectivity index (χ1) is 17.0. The molecule has 0 amide bonds. The zero-order chi connectivity index (χ0) is 24.4. The van der Waals surface area contributed by atoms with E-state index in [0.29, 0.717) is 0 Å². The quantitative estimate of drug-likeness (QED) is 0.486. The van der Waals surface area contributed by atoms with Gasteiger partial charge in [0.25, 0.3) is 0 Å². The van der Waals surface area contributed by atoms with Gasteiger partial charge in [-0.25, -0.2) is 0 Å². The van der Waals surface area contributed by atoms with Gasteiger partial charge in [-0.15, -0.1) is 0 Å². The lowest BCUT2D eigenvalue weighted by Crippen LogP contribution is -2.39. The smallest absolute Gasteiger partial charge is 0.170 e. The van der Waals surface area contributed by atoms with Gasteiger partial charge in [-0.1, -0.05) is 18.2 Å². The van der Waals surface area contributed by atoms with E-state index in [1.807, 2.05) is 36.5 Å². The summed E-state index contributed by atoms with van der Waals surface area (Å²) in [5.74, 6) is 0.268. The molecular weight excluding hydrogens is 458 g/mol. The molecule has 0 spiro atoms. The number of hydrogen-bond acceptors (Lipinski definition) is 5. The average Bonchev–Trinajstić information content (AvgIpc) is 3.35. The first-order valence-corrected chi connectivity index (χ1v) is 12.7. The second kappa shape index (κ2) is 10.4. The molecule has 8 heteroatoms. The number of nitrogens with one attached hydrogen (secondary N) is 1. The second-order valence-corrected chi connectivity index (χ2v) is 9.66. The third kappa shape index (κ3) is 4.78. The van der Waals surface area contributed by atoms with Crippen LogP contribution in [-0.2, 0) is 4.74 Å². The molecule has 2 aliphatic rings. The molecule has 2 saturated heterocycles. The summed E-state index contributed by atoms with van der Waals surface area (Å²) < 4.78 is 7.63. The van der Waals surface area contributed by atoms with Crippen molar-refractivity contribution in [2.75, 3.05) is 39.4 Å². The molecule has 0 saturated carbocycles. The summed E-state index contributed by atoms with van der Waals surface area (Å²) in [6.45, 7) is 9.70. The molecule has 2 aliphatic heterocycles. The van der Waals surface area contributed by atoms with Crippen LogP contribution in [0.15, 0.2) is 54.7 Å². The van der Waals surface area contributed by atoms with Crippen molar-refractivity contribution in [1.29, 1.82) is 0 Å². The highest BCUT2D eigenvalue weighted by Crippen LogP contribution is 2.42. The lowest BCUT2D eigenvalue weighted by molar-refractivity contribution is 0.0365. The number of morpholine rings is 1. The molecule has 2 atom stereocenters. The molecule has 2 N–H and O–H groups in total. The van der Waals surface area contributed by atoms with Gasteiger partial charge in [0.15, 0.2) is 5.11 Å². The number of hydrogen-bond donors (Lipinski definition) is 2. The van der Waals surface area contributed by atoms with E-state index in [4.69, 9.17) is 17.0 Å². The maximum absolute atomic E-state index is 10.6. The van der Waals surface area contributed by atoms with Crippen LogP contribution in [0.25, 0.3) is 5.69 Å². The maximum Gasteiger partial charge on any atom is 0.170 e. The summed E-state index contributed by atoms with van der Waals surface area (Å²) >= 11 is 5.87. The Balaban J connectivity index is 1.48. The summed E-state index contributed by atoms with van der Waals surface area (Å²) in [6.07, 6.45) is 2.86. The zero-order valence-electron chi connectivity index (χ0n) is 20.4. The first kappa shape index (κ1) is 23.8. The van der Waals surface area contributed by atoms with Gasteiger partial charge in [0.05, 0.1) is 36.7 Å². The first-order valence-electron chi connectivity index (χ1n) is 12.3. The van der Waals surface area contributed by atoms with Gasteiger partial charge in [-0.2, -0.15) is 0 Å². The van der Waals surface area contributed by atoms with Crippen molar-refractivity contribution in [3.63, 3.8) is 0 Å². The average molecular weight is 492 g/mol. The van der Waals surface area contributed by atoms with E-state index >= 15 is 0 Å². The van der Waals surface area contributed by atoms with Crippen LogP contribution >= 0.6 is 12.2 Å². The highest BCUT2D eigenvalue weighted by Gasteiger charge is 2.41. The number of thiocarbonyl (C=S) groups is 1. The number of aromatic nitrogens is 2. The molecule has 2 fully saturated rings. The summed E-state index contributed by atoms with van der Waals surface area (Å²) in [5, 5.41) is 14.9. The number of phenols is 1. The van der Waals surface area contributed by atoms with Gasteiger partial charge in [0.1, 0.15) is 5.75 Å². The molecule has 0 radical (unpaired) electrons. The summed E-state index contributed by atoms with van der Waals surface area (Å²) in [7, 11) is 0. The van der Waals surface area contributed by atoms with Crippen molar-refractivity contribution in [2.45, 2.75) is 32.4 Å². The van der Waals surface area contributed by atoms with Crippen LogP contribution in [0.3, 0.4) is 0 Å². The third-order valence-electron chi connectivity index (χ3n) is 7.09. The minimum absolute atomic E-state index is 0.00731. The Morgan fingerprint density at radius 3 is 2.60 bits per heavy atom. The molecule has 4 heterocycles. The van der Waals surface area contributed by atoms with Crippen molar-refractivity contribution in [2.24, 2.45) is 0 Å². The maximum atomic E-state index is 10.6. The molecule has 184 valence electrons. The predicted molar refractivity (Wildman–Crippen MR) is 141 cm³/mol. The standard InChI is InChI=1S/C27H33N5O2S/c1-19-18-21(20(2)32(19)23-9-3-4-10-24(23)33)26-25(22-8-5-6-11-28-22)29-27(35)31(26)13-7-12-30-14-16-34-17-15-30/h3-6,8-11,18,25-26,33H,7,12-17H2,1-2H3,(H,29,35)/t25-,26-/m0/s1. The van der Waals surface area contributed by atoms with Gasteiger partial charge < -0.3 is 24.6 Å². The molecule has 0 unspecified atom stereocenters. The number of pyridine rings is 1. The molecule has 3 aromatic rings. The number of nitrogens with zero attached hydrogens (tertiary/aromatic N) is 4. The fourth-order valence-electron chi connectivity index (χ4n) is 5.39.